The third-order valence-corrected chi connectivity index (χ3v) is 2.10. The first-order valence-electron chi connectivity index (χ1n) is 4.32. The van der Waals surface area contributed by atoms with Crippen LogP contribution in [0.2, 0.25) is 0 Å². The fourth-order valence-corrected chi connectivity index (χ4v) is 1.37. The van der Waals surface area contributed by atoms with Gasteiger partial charge in [0, 0.05) is 5.69 Å². The van der Waals surface area contributed by atoms with Crippen LogP contribution in [0.15, 0.2) is 12.3 Å². The second kappa shape index (κ2) is 3.30. The molecule has 0 spiro atoms. The van der Waals surface area contributed by atoms with Gasteiger partial charge in [-0.15, -0.1) is 0 Å². The van der Waals surface area contributed by atoms with E-state index in [0.717, 1.165) is 6.20 Å². The lowest BCUT2D eigenvalue weighted by atomic mass is 10.3. The quantitative estimate of drug-likeness (QED) is 0.762. The van der Waals surface area contributed by atoms with Crippen LogP contribution in [0.4, 0.5) is 0 Å². The van der Waals surface area contributed by atoms with E-state index in [0.29, 0.717) is 5.69 Å². The van der Waals surface area contributed by atoms with Crippen LogP contribution in [-0.2, 0) is 0 Å². The minimum Gasteiger partial charge on any atom is -0.477 e. The number of nitrogens with zero attached hydrogens (tertiary/aromatic N) is 3. The molecule has 2 N–H and O–H groups in total. The van der Waals surface area contributed by atoms with Gasteiger partial charge < -0.3 is 10.2 Å². The van der Waals surface area contributed by atoms with E-state index in [1.165, 1.54) is 10.6 Å². The standard InChI is InChI=1S/C9H7N3O4/c1-4-2-6(9(15)16)11-7-5(8(13)14)3-10-12(4)7/h2-3H,1H3,(H,13,14)(H,15,16). The summed E-state index contributed by atoms with van der Waals surface area (Å²) >= 11 is 0. The Bertz CT molecular complexity index is 602. The van der Waals surface area contributed by atoms with Gasteiger partial charge in [-0.3, -0.25) is 0 Å². The number of hydrogen-bond acceptors (Lipinski definition) is 4. The molecule has 0 atom stereocenters. The summed E-state index contributed by atoms with van der Waals surface area (Å²) in [5, 5.41) is 21.5. The molecule has 16 heavy (non-hydrogen) atoms. The van der Waals surface area contributed by atoms with Crippen molar-refractivity contribution in [2.24, 2.45) is 0 Å². The van der Waals surface area contributed by atoms with E-state index in [-0.39, 0.29) is 16.9 Å². The van der Waals surface area contributed by atoms with Crippen LogP contribution in [0.5, 0.6) is 0 Å². The van der Waals surface area contributed by atoms with E-state index < -0.39 is 11.9 Å². The summed E-state index contributed by atoms with van der Waals surface area (Å²) in [6.45, 7) is 1.62. The Kier molecular flexibility index (Phi) is 2.08. The fourth-order valence-electron chi connectivity index (χ4n) is 1.37. The molecule has 0 radical (unpaired) electrons. The Morgan fingerprint density at radius 1 is 1.31 bits per heavy atom. The average Bonchev–Trinajstić information content (AvgIpc) is 2.61. The predicted octanol–water partition coefficient (Wildman–Crippen LogP) is 0.434. The van der Waals surface area contributed by atoms with Gasteiger partial charge in [0.2, 0.25) is 0 Å². The average molecular weight is 221 g/mol. The third kappa shape index (κ3) is 1.38. The van der Waals surface area contributed by atoms with Crippen LogP contribution in [0, 0.1) is 6.92 Å². The molecule has 2 rings (SSSR count). The highest BCUT2D eigenvalue weighted by molar-refractivity contribution is 5.95. The van der Waals surface area contributed by atoms with Gasteiger partial charge in [0.1, 0.15) is 5.56 Å². The number of carbonyl (C=O) groups is 2. The summed E-state index contributed by atoms with van der Waals surface area (Å²) in [4.78, 5) is 25.3. The topological polar surface area (TPSA) is 105 Å². The highest BCUT2D eigenvalue weighted by atomic mass is 16.4. The Balaban J connectivity index is 2.81. The van der Waals surface area contributed by atoms with Crippen molar-refractivity contribution in [3.8, 4) is 0 Å². The zero-order chi connectivity index (χ0) is 11.9. The smallest absolute Gasteiger partial charge is 0.354 e. The molecule has 0 amide bonds. The number of aromatic carboxylic acids is 2. The molecule has 0 aromatic carbocycles. The molecule has 0 saturated heterocycles. The highest BCUT2D eigenvalue weighted by Crippen LogP contribution is 2.12. The Morgan fingerprint density at radius 3 is 2.56 bits per heavy atom. The molecular formula is C9H7N3O4. The second-order valence-electron chi connectivity index (χ2n) is 3.19. The molecule has 2 heterocycles. The molecule has 2 aromatic rings. The van der Waals surface area contributed by atoms with E-state index in [2.05, 4.69) is 10.1 Å². The van der Waals surface area contributed by atoms with Crippen LogP contribution in [0.1, 0.15) is 26.5 Å². The Hall–Kier alpha value is -2.44. The summed E-state index contributed by atoms with van der Waals surface area (Å²) < 4.78 is 1.29. The van der Waals surface area contributed by atoms with Gasteiger partial charge in [-0.2, -0.15) is 5.10 Å². The van der Waals surface area contributed by atoms with E-state index >= 15 is 0 Å². The molecule has 0 aliphatic rings. The summed E-state index contributed by atoms with van der Waals surface area (Å²) in [5.74, 6) is -2.40. The second-order valence-corrected chi connectivity index (χ2v) is 3.19. The minimum atomic E-state index is -1.21. The normalized spacial score (nSPS) is 10.6. The van der Waals surface area contributed by atoms with Crippen LogP contribution < -0.4 is 0 Å². The minimum absolute atomic E-state index is 0.0323. The molecule has 0 fully saturated rings. The van der Waals surface area contributed by atoms with Gasteiger partial charge >= 0.3 is 11.9 Å². The lowest BCUT2D eigenvalue weighted by molar-refractivity contribution is 0.0680. The molecule has 2 aromatic heterocycles. The number of carboxylic acid groups (broad SMARTS) is 2. The molecule has 82 valence electrons. The molecule has 7 nitrogen and oxygen atoms in total. The summed E-state index contributed by atoms with van der Waals surface area (Å²) in [5.41, 5.74) is 0.221. The van der Waals surface area contributed by atoms with Crippen molar-refractivity contribution < 1.29 is 19.8 Å². The van der Waals surface area contributed by atoms with Crippen LogP contribution in [-0.4, -0.2) is 36.7 Å². The Labute approximate surface area is 89.0 Å². The van der Waals surface area contributed by atoms with Crippen molar-refractivity contribution in [2.75, 3.05) is 0 Å². The summed E-state index contributed by atoms with van der Waals surface area (Å²) in [6.07, 6.45) is 1.14. The van der Waals surface area contributed by atoms with Crippen molar-refractivity contribution in [3.63, 3.8) is 0 Å². The van der Waals surface area contributed by atoms with Crippen molar-refractivity contribution in [3.05, 3.63) is 29.2 Å². The predicted molar refractivity (Wildman–Crippen MR) is 51.6 cm³/mol. The van der Waals surface area contributed by atoms with E-state index in [1.807, 2.05) is 0 Å². The van der Waals surface area contributed by atoms with Gasteiger partial charge in [-0.25, -0.2) is 19.1 Å². The number of hydrogen-bond donors (Lipinski definition) is 2. The molecular weight excluding hydrogens is 214 g/mol. The zero-order valence-corrected chi connectivity index (χ0v) is 8.21. The maximum atomic E-state index is 10.8. The first-order chi connectivity index (χ1) is 7.50. The summed E-state index contributed by atoms with van der Waals surface area (Å²) in [6, 6.07) is 1.33. The maximum Gasteiger partial charge on any atom is 0.354 e. The molecule has 7 heteroatoms. The van der Waals surface area contributed by atoms with E-state index in [4.69, 9.17) is 10.2 Å². The van der Waals surface area contributed by atoms with E-state index in [9.17, 15) is 9.59 Å². The summed E-state index contributed by atoms with van der Waals surface area (Å²) in [7, 11) is 0. The van der Waals surface area contributed by atoms with Gasteiger partial charge in [-0.05, 0) is 13.0 Å². The highest BCUT2D eigenvalue weighted by Gasteiger charge is 2.16. The van der Waals surface area contributed by atoms with Gasteiger partial charge in [0.05, 0.1) is 6.20 Å². The molecule has 0 aliphatic heterocycles. The molecule has 0 saturated carbocycles. The van der Waals surface area contributed by atoms with Crippen molar-refractivity contribution in [1.29, 1.82) is 0 Å². The van der Waals surface area contributed by atoms with Crippen molar-refractivity contribution >= 4 is 17.6 Å². The van der Waals surface area contributed by atoms with Crippen LogP contribution >= 0.6 is 0 Å². The van der Waals surface area contributed by atoms with Crippen LogP contribution in [0.3, 0.4) is 0 Å². The number of fused-ring (bicyclic) bond motifs is 1. The number of carboxylic acids is 2. The van der Waals surface area contributed by atoms with Gasteiger partial charge in [0.25, 0.3) is 0 Å². The van der Waals surface area contributed by atoms with Crippen LogP contribution in [0.25, 0.3) is 5.65 Å². The number of aromatic nitrogens is 3. The van der Waals surface area contributed by atoms with Gasteiger partial charge in [-0.1, -0.05) is 0 Å². The number of aryl methyl sites for hydroxylation is 1. The zero-order valence-electron chi connectivity index (χ0n) is 8.21. The molecule has 0 unspecified atom stereocenters. The molecule has 0 bridgehead atoms. The first kappa shape index (κ1) is 10.1. The maximum absolute atomic E-state index is 10.8. The first-order valence-corrected chi connectivity index (χ1v) is 4.32. The van der Waals surface area contributed by atoms with Gasteiger partial charge in [0.15, 0.2) is 11.3 Å². The van der Waals surface area contributed by atoms with Crippen molar-refractivity contribution in [1.82, 2.24) is 14.6 Å². The Morgan fingerprint density at radius 2 is 2.00 bits per heavy atom. The van der Waals surface area contributed by atoms with Crippen molar-refractivity contribution in [2.45, 2.75) is 6.92 Å². The largest absolute Gasteiger partial charge is 0.477 e. The number of rotatable bonds is 2. The fraction of sp³-hybridized carbons (Fsp3) is 0.111. The lowest BCUT2D eigenvalue weighted by Crippen LogP contribution is -2.07. The van der Waals surface area contributed by atoms with E-state index in [1.54, 1.807) is 6.92 Å². The SMILES string of the molecule is Cc1cc(C(=O)O)nc2c(C(=O)O)cnn12. The molecule has 0 aliphatic carbocycles. The third-order valence-electron chi connectivity index (χ3n) is 2.10. The lowest BCUT2D eigenvalue weighted by Gasteiger charge is -2.00. The monoisotopic (exact) mass is 221 g/mol.